The van der Waals surface area contributed by atoms with Crippen molar-refractivity contribution in [1.29, 1.82) is 0 Å². The lowest BCUT2D eigenvalue weighted by molar-refractivity contribution is -0.139. The van der Waals surface area contributed by atoms with Crippen molar-refractivity contribution in [2.45, 2.75) is 45.8 Å². The Balaban J connectivity index is 1.79. The number of sulfone groups is 1. The summed E-state index contributed by atoms with van der Waals surface area (Å²) in [6.45, 7) is 8.10. The van der Waals surface area contributed by atoms with Gasteiger partial charge in [0.2, 0.25) is 5.91 Å². The second-order valence-corrected chi connectivity index (χ2v) is 10.5. The molecule has 2 atom stereocenters. The summed E-state index contributed by atoms with van der Waals surface area (Å²) in [7, 11) is -3.11. The second-order valence-electron chi connectivity index (χ2n) is 8.36. The molecule has 3 rings (SSSR count). The van der Waals surface area contributed by atoms with Gasteiger partial charge in [0.05, 0.1) is 17.5 Å². The predicted octanol–water partition coefficient (Wildman–Crippen LogP) is 1.33. The third-order valence-corrected chi connectivity index (χ3v) is 6.63. The fourth-order valence-electron chi connectivity index (χ4n) is 3.81. The van der Waals surface area contributed by atoms with Crippen LogP contribution in [0.15, 0.2) is 24.5 Å². The molecule has 0 bridgehead atoms. The lowest BCUT2D eigenvalue weighted by atomic mass is 9.90. The summed E-state index contributed by atoms with van der Waals surface area (Å²) in [5.74, 6) is 0.297. The van der Waals surface area contributed by atoms with Crippen LogP contribution in [0.2, 0.25) is 0 Å². The molecule has 0 unspecified atom stereocenters. The molecule has 0 saturated carbocycles. The van der Waals surface area contributed by atoms with E-state index in [1.807, 2.05) is 37.8 Å². The molecule has 0 N–H and O–H groups in total. The van der Waals surface area contributed by atoms with Crippen molar-refractivity contribution in [2.24, 2.45) is 5.41 Å². The highest BCUT2D eigenvalue weighted by molar-refractivity contribution is 7.91. The van der Waals surface area contributed by atoms with Crippen molar-refractivity contribution < 1.29 is 13.2 Å². The third-order valence-electron chi connectivity index (χ3n) is 4.93. The molecule has 1 aromatic heterocycles. The Morgan fingerprint density at radius 2 is 1.80 bits per heavy atom. The predicted molar refractivity (Wildman–Crippen MR) is 96.7 cm³/mol. The number of pyridine rings is 1. The van der Waals surface area contributed by atoms with E-state index in [2.05, 4.69) is 9.88 Å². The third kappa shape index (κ3) is 4.39. The normalized spacial score (nSPS) is 26.4. The van der Waals surface area contributed by atoms with E-state index in [4.69, 9.17) is 0 Å². The summed E-state index contributed by atoms with van der Waals surface area (Å²) >= 11 is 0. The molecule has 3 heterocycles. The van der Waals surface area contributed by atoms with E-state index in [0.29, 0.717) is 26.1 Å². The number of rotatable bonds is 3. The average molecular weight is 365 g/mol. The van der Waals surface area contributed by atoms with Gasteiger partial charge in [-0.05, 0) is 23.1 Å². The average Bonchev–Trinajstić information content (AvgIpc) is 2.82. The quantitative estimate of drug-likeness (QED) is 0.808. The monoisotopic (exact) mass is 365 g/mol. The van der Waals surface area contributed by atoms with Gasteiger partial charge in [0.15, 0.2) is 9.84 Å². The number of piperazine rings is 1. The largest absolute Gasteiger partial charge is 0.336 e. The maximum Gasteiger partial charge on any atom is 0.223 e. The Labute approximate surface area is 150 Å². The lowest BCUT2D eigenvalue weighted by Crippen LogP contribution is -2.60. The molecule has 7 heteroatoms. The molecule has 0 aromatic carbocycles. The van der Waals surface area contributed by atoms with Crippen LogP contribution in [0.1, 0.15) is 32.8 Å². The number of amides is 1. The van der Waals surface area contributed by atoms with Crippen LogP contribution in [0.5, 0.6) is 0 Å². The Bertz CT molecular complexity index is 728. The van der Waals surface area contributed by atoms with E-state index < -0.39 is 9.84 Å². The Hall–Kier alpha value is -1.47. The van der Waals surface area contributed by atoms with E-state index in [1.165, 1.54) is 0 Å². The molecule has 2 saturated heterocycles. The van der Waals surface area contributed by atoms with Crippen LogP contribution in [-0.2, 0) is 21.2 Å². The zero-order valence-electron chi connectivity index (χ0n) is 15.2. The van der Waals surface area contributed by atoms with Gasteiger partial charge in [0.1, 0.15) is 0 Å². The summed E-state index contributed by atoms with van der Waals surface area (Å²) in [6.07, 6.45) is 3.95. The summed E-state index contributed by atoms with van der Waals surface area (Å²) in [4.78, 5) is 20.8. The Morgan fingerprint density at radius 1 is 1.16 bits per heavy atom. The number of hydrogen-bond acceptors (Lipinski definition) is 5. The van der Waals surface area contributed by atoms with E-state index in [9.17, 15) is 13.2 Å². The van der Waals surface area contributed by atoms with Crippen molar-refractivity contribution in [2.75, 3.05) is 24.6 Å². The molecular formula is C18H27N3O3S. The first-order valence-electron chi connectivity index (χ1n) is 8.77. The van der Waals surface area contributed by atoms with Crippen molar-refractivity contribution in [1.82, 2.24) is 14.8 Å². The molecule has 1 amide bonds. The fraction of sp³-hybridized carbons (Fsp3) is 0.667. The molecule has 25 heavy (non-hydrogen) atoms. The van der Waals surface area contributed by atoms with Crippen LogP contribution in [0, 0.1) is 5.41 Å². The molecule has 0 aliphatic carbocycles. The second kappa shape index (κ2) is 6.68. The summed E-state index contributed by atoms with van der Waals surface area (Å²) in [5, 5.41) is 0. The first-order chi connectivity index (χ1) is 11.6. The summed E-state index contributed by atoms with van der Waals surface area (Å²) in [5.41, 5.74) is 1.02. The number of carbonyl (C=O) groups is 1. The van der Waals surface area contributed by atoms with Crippen LogP contribution in [-0.4, -0.2) is 65.8 Å². The molecule has 2 aliphatic rings. The van der Waals surface area contributed by atoms with Crippen LogP contribution in [0.3, 0.4) is 0 Å². The maximum absolute atomic E-state index is 12.7. The van der Waals surface area contributed by atoms with E-state index in [1.54, 1.807) is 12.4 Å². The van der Waals surface area contributed by atoms with Gasteiger partial charge in [-0.2, -0.15) is 0 Å². The standard InChI is InChI=1S/C18H27N3O3S/c1-18(2,3)10-17(22)21-9-8-20(11-14-4-6-19-7-5-14)15-12-25(23,24)13-16(15)21/h4-7,15-16H,8-13H2,1-3H3/t15-,16+/m1/s1. The van der Waals surface area contributed by atoms with Gasteiger partial charge in [-0.25, -0.2) is 8.42 Å². The molecule has 138 valence electrons. The van der Waals surface area contributed by atoms with Crippen LogP contribution in [0.25, 0.3) is 0 Å². The van der Waals surface area contributed by atoms with Crippen LogP contribution >= 0.6 is 0 Å². The van der Waals surface area contributed by atoms with Crippen molar-refractivity contribution in [3.05, 3.63) is 30.1 Å². The smallest absolute Gasteiger partial charge is 0.223 e. The van der Waals surface area contributed by atoms with Crippen molar-refractivity contribution in [3.63, 3.8) is 0 Å². The highest BCUT2D eigenvalue weighted by atomic mass is 32.2. The van der Waals surface area contributed by atoms with Crippen LogP contribution < -0.4 is 0 Å². The SMILES string of the molecule is CC(C)(C)CC(=O)N1CCN(Cc2ccncc2)[C@@H]2CS(=O)(=O)C[C@@H]21. The molecular weight excluding hydrogens is 338 g/mol. The Kier molecular flexibility index (Phi) is 4.90. The topological polar surface area (TPSA) is 70.6 Å². The minimum atomic E-state index is -3.11. The Morgan fingerprint density at radius 3 is 2.44 bits per heavy atom. The van der Waals surface area contributed by atoms with Gasteiger partial charge in [0, 0.05) is 44.5 Å². The number of nitrogens with zero attached hydrogens (tertiary/aromatic N) is 3. The molecule has 2 aliphatic heterocycles. The number of hydrogen-bond donors (Lipinski definition) is 0. The lowest BCUT2D eigenvalue weighted by Gasteiger charge is -2.44. The van der Waals surface area contributed by atoms with E-state index in [-0.39, 0.29) is 34.9 Å². The highest BCUT2D eigenvalue weighted by Crippen LogP contribution is 2.30. The molecule has 0 spiro atoms. The zero-order valence-corrected chi connectivity index (χ0v) is 16.0. The highest BCUT2D eigenvalue weighted by Gasteiger charge is 2.48. The first kappa shape index (κ1) is 18.3. The van der Waals surface area contributed by atoms with Gasteiger partial charge in [-0.3, -0.25) is 14.7 Å². The van der Waals surface area contributed by atoms with Crippen LogP contribution in [0.4, 0.5) is 0 Å². The van der Waals surface area contributed by atoms with E-state index >= 15 is 0 Å². The summed E-state index contributed by atoms with van der Waals surface area (Å²) in [6, 6.07) is 3.57. The van der Waals surface area contributed by atoms with Gasteiger partial charge >= 0.3 is 0 Å². The number of aromatic nitrogens is 1. The molecule has 0 radical (unpaired) electrons. The zero-order chi connectivity index (χ0) is 18.2. The molecule has 1 aromatic rings. The van der Waals surface area contributed by atoms with Gasteiger partial charge in [-0.1, -0.05) is 20.8 Å². The van der Waals surface area contributed by atoms with Gasteiger partial charge in [0.25, 0.3) is 0 Å². The molecule has 6 nitrogen and oxygen atoms in total. The first-order valence-corrected chi connectivity index (χ1v) is 10.6. The number of fused-ring (bicyclic) bond motifs is 1. The van der Waals surface area contributed by atoms with Crippen molar-refractivity contribution >= 4 is 15.7 Å². The van der Waals surface area contributed by atoms with Gasteiger partial charge in [-0.15, -0.1) is 0 Å². The van der Waals surface area contributed by atoms with Gasteiger partial charge < -0.3 is 4.90 Å². The van der Waals surface area contributed by atoms with Crippen molar-refractivity contribution in [3.8, 4) is 0 Å². The minimum Gasteiger partial charge on any atom is -0.336 e. The fourth-order valence-corrected chi connectivity index (χ4v) is 5.82. The maximum atomic E-state index is 12.7. The van der Waals surface area contributed by atoms with E-state index in [0.717, 1.165) is 5.56 Å². The minimum absolute atomic E-state index is 0.0724. The number of carbonyl (C=O) groups excluding carboxylic acids is 1. The summed E-state index contributed by atoms with van der Waals surface area (Å²) < 4.78 is 24.5. The molecule has 2 fully saturated rings.